The van der Waals surface area contributed by atoms with E-state index in [0.29, 0.717) is 30.9 Å². The van der Waals surface area contributed by atoms with E-state index >= 15 is 0 Å². The highest BCUT2D eigenvalue weighted by Crippen LogP contribution is 2.42. The van der Waals surface area contributed by atoms with Gasteiger partial charge in [0, 0.05) is 16.5 Å². The third-order valence-electron chi connectivity index (χ3n) is 4.21. The number of rotatable bonds is 5. The maximum absolute atomic E-state index is 13.6. The monoisotopic (exact) mass is 478 g/mol. The van der Waals surface area contributed by atoms with Gasteiger partial charge < -0.3 is 0 Å². The van der Waals surface area contributed by atoms with E-state index in [4.69, 9.17) is 5.14 Å². The van der Waals surface area contributed by atoms with E-state index in [-0.39, 0.29) is 4.90 Å². The molecule has 4 nitrogen and oxygen atoms in total. The lowest BCUT2D eigenvalue weighted by molar-refractivity contribution is 0.577. The Kier molecular flexibility index (Phi) is 5.89. The molecule has 0 fully saturated rings. The first-order valence-corrected chi connectivity index (χ1v) is 11.9. The van der Waals surface area contributed by atoms with Gasteiger partial charge >= 0.3 is 0 Å². The molecule has 158 valence electrons. The summed E-state index contributed by atoms with van der Waals surface area (Å²) in [5.74, 6) is -1.79. The van der Waals surface area contributed by atoms with Crippen LogP contribution in [0.5, 0.6) is 0 Å². The smallest absolute Gasteiger partial charge is 0.229 e. The number of halogens is 3. The van der Waals surface area contributed by atoms with Crippen molar-refractivity contribution in [2.75, 3.05) is 0 Å². The second kappa shape index (κ2) is 8.46. The van der Waals surface area contributed by atoms with E-state index in [0.717, 1.165) is 17.8 Å². The third kappa shape index (κ3) is 4.99. The fourth-order valence-electron chi connectivity index (χ4n) is 2.83. The van der Waals surface area contributed by atoms with Crippen molar-refractivity contribution in [3.63, 3.8) is 0 Å². The SMILES string of the molecule is NS(=O)(=O)c1ccc(-c2nc(Sc3cc(F)cc(F)c3)sc2-c2ccc(F)cc2)cc1. The van der Waals surface area contributed by atoms with Gasteiger partial charge in [0.05, 0.1) is 15.5 Å². The van der Waals surface area contributed by atoms with E-state index in [1.165, 1.54) is 47.7 Å². The average molecular weight is 479 g/mol. The summed E-state index contributed by atoms with van der Waals surface area (Å²) in [6.45, 7) is 0. The van der Waals surface area contributed by atoms with Crippen LogP contribution in [0.2, 0.25) is 0 Å². The van der Waals surface area contributed by atoms with Crippen molar-refractivity contribution >= 4 is 33.1 Å². The molecule has 10 heteroatoms. The van der Waals surface area contributed by atoms with Crippen LogP contribution in [0.1, 0.15) is 0 Å². The molecule has 0 unspecified atom stereocenters. The molecule has 0 saturated heterocycles. The predicted octanol–water partition coefficient (Wildman–Crippen LogP) is 5.69. The maximum Gasteiger partial charge on any atom is 0.238 e. The number of benzene rings is 3. The van der Waals surface area contributed by atoms with Crippen LogP contribution in [0.3, 0.4) is 0 Å². The van der Waals surface area contributed by atoms with Gasteiger partial charge in [0.25, 0.3) is 0 Å². The second-order valence-electron chi connectivity index (χ2n) is 6.44. The molecule has 0 amide bonds. The summed E-state index contributed by atoms with van der Waals surface area (Å²) in [5, 5.41) is 5.15. The van der Waals surface area contributed by atoms with Crippen LogP contribution in [0.15, 0.2) is 80.9 Å². The van der Waals surface area contributed by atoms with Crippen LogP contribution in [-0.4, -0.2) is 13.4 Å². The summed E-state index contributed by atoms with van der Waals surface area (Å²) in [4.78, 5) is 5.58. The van der Waals surface area contributed by atoms with Gasteiger partial charge in [0.1, 0.15) is 17.5 Å². The number of sulfonamides is 1. The lowest BCUT2D eigenvalue weighted by Crippen LogP contribution is -2.11. The topological polar surface area (TPSA) is 73.1 Å². The summed E-state index contributed by atoms with van der Waals surface area (Å²) in [7, 11) is -3.85. The van der Waals surface area contributed by atoms with Crippen molar-refractivity contribution in [2.45, 2.75) is 14.1 Å². The molecule has 4 rings (SSSR count). The third-order valence-corrected chi connectivity index (χ3v) is 7.28. The van der Waals surface area contributed by atoms with Crippen molar-refractivity contribution in [2.24, 2.45) is 5.14 Å². The van der Waals surface area contributed by atoms with Gasteiger partial charge in [-0.15, -0.1) is 11.3 Å². The summed E-state index contributed by atoms with van der Waals surface area (Å²) in [6.07, 6.45) is 0. The predicted molar refractivity (Wildman–Crippen MR) is 115 cm³/mol. The minimum atomic E-state index is -3.85. The molecule has 0 saturated carbocycles. The highest BCUT2D eigenvalue weighted by atomic mass is 32.2. The van der Waals surface area contributed by atoms with E-state index < -0.39 is 27.5 Å². The van der Waals surface area contributed by atoms with Crippen molar-refractivity contribution in [3.8, 4) is 21.7 Å². The highest BCUT2D eigenvalue weighted by molar-refractivity contribution is 8.01. The zero-order valence-electron chi connectivity index (χ0n) is 15.6. The average Bonchev–Trinajstić information content (AvgIpc) is 3.11. The molecule has 3 aromatic carbocycles. The Labute approximate surface area is 184 Å². The minimum absolute atomic E-state index is 0.0420. The molecule has 1 heterocycles. The Hall–Kier alpha value is -2.66. The summed E-state index contributed by atoms with van der Waals surface area (Å²) >= 11 is 2.36. The molecule has 0 aliphatic carbocycles. The van der Waals surface area contributed by atoms with Gasteiger partial charge in [0.15, 0.2) is 4.34 Å². The van der Waals surface area contributed by atoms with Gasteiger partial charge in [-0.2, -0.15) is 0 Å². The van der Waals surface area contributed by atoms with Crippen molar-refractivity contribution in [1.82, 2.24) is 4.98 Å². The molecular weight excluding hydrogens is 465 g/mol. The van der Waals surface area contributed by atoms with Crippen molar-refractivity contribution in [1.29, 1.82) is 0 Å². The Bertz CT molecular complexity index is 1330. The van der Waals surface area contributed by atoms with Crippen LogP contribution in [0, 0.1) is 17.5 Å². The van der Waals surface area contributed by atoms with E-state index in [2.05, 4.69) is 4.98 Å². The molecular formula is C21H13F3N2O2S3. The first-order valence-electron chi connectivity index (χ1n) is 8.73. The number of nitrogens with two attached hydrogens (primary N) is 1. The van der Waals surface area contributed by atoms with Gasteiger partial charge in [-0.25, -0.2) is 31.7 Å². The molecule has 2 N–H and O–H groups in total. The van der Waals surface area contributed by atoms with Crippen molar-refractivity contribution < 1.29 is 21.6 Å². The number of hydrogen-bond donors (Lipinski definition) is 1. The summed E-state index contributed by atoms with van der Waals surface area (Å²) < 4.78 is 64.1. The first-order chi connectivity index (χ1) is 14.7. The van der Waals surface area contributed by atoms with Crippen LogP contribution < -0.4 is 5.14 Å². The standard InChI is InChI=1S/C21H13F3N2O2S3/c22-14-5-1-13(2-6-14)20-19(12-3-7-18(8-4-12)31(25,27)28)26-21(30-20)29-17-10-15(23)9-16(24)11-17/h1-11H,(H2,25,27,28). The lowest BCUT2D eigenvalue weighted by Gasteiger charge is -2.04. The number of hydrogen-bond acceptors (Lipinski definition) is 5. The molecule has 1 aromatic heterocycles. The molecule has 31 heavy (non-hydrogen) atoms. The zero-order valence-corrected chi connectivity index (χ0v) is 18.0. The minimum Gasteiger partial charge on any atom is -0.229 e. The highest BCUT2D eigenvalue weighted by Gasteiger charge is 2.17. The summed E-state index contributed by atoms with van der Waals surface area (Å²) in [6, 6.07) is 14.9. The molecule has 0 bridgehead atoms. The molecule has 0 radical (unpaired) electrons. The summed E-state index contributed by atoms with van der Waals surface area (Å²) in [5.41, 5.74) is 1.83. The van der Waals surface area contributed by atoms with E-state index in [1.807, 2.05) is 0 Å². The van der Waals surface area contributed by atoms with E-state index in [1.54, 1.807) is 24.3 Å². The van der Waals surface area contributed by atoms with Crippen LogP contribution in [0.4, 0.5) is 13.2 Å². The molecule has 0 atom stereocenters. The molecule has 0 spiro atoms. The first kappa shape index (κ1) is 21.6. The molecule has 0 aliphatic heterocycles. The Morgan fingerprint density at radius 1 is 0.806 bits per heavy atom. The van der Waals surface area contributed by atoms with Crippen molar-refractivity contribution in [3.05, 3.63) is 84.2 Å². The fraction of sp³-hybridized carbons (Fsp3) is 0. The fourth-order valence-corrected chi connectivity index (χ4v) is 5.56. The Morgan fingerprint density at radius 3 is 1.97 bits per heavy atom. The second-order valence-corrected chi connectivity index (χ2v) is 10.3. The molecule has 4 aromatic rings. The quantitative estimate of drug-likeness (QED) is 0.400. The zero-order chi connectivity index (χ0) is 22.2. The molecule has 0 aliphatic rings. The van der Waals surface area contributed by atoms with E-state index in [9.17, 15) is 21.6 Å². The number of nitrogens with zero attached hydrogens (tertiary/aromatic N) is 1. The normalized spacial score (nSPS) is 11.6. The Morgan fingerprint density at radius 2 is 1.39 bits per heavy atom. The maximum atomic E-state index is 13.6. The van der Waals surface area contributed by atoms with Crippen LogP contribution >= 0.6 is 23.1 Å². The van der Waals surface area contributed by atoms with Gasteiger partial charge in [-0.1, -0.05) is 36.0 Å². The van der Waals surface area contributed by atoms with Crippen LogP contribution in [0.25, 0.3) is 21.7 Å². The van der Waals surface area contributed by atoms with Gasteiger partial charge in [-0.05, 0) is 42.0 Å². The Balaban J connectivity index is 1.79. The van der Waals surface area contributed by atoms with Gasteiger partial charge in [-0.3, -0.25) is 0 Å². The number of thiazole rings is 1. The van der Waals surface area contributed by atoms with Crippen LogP contribution in [-0.2, 0) is 10.0 Å². The largest absolute Gasteiger partial charge is 0.238 e. The van der Waals surface area contributed by atoms with Gasteiger partial charge in [0.2, 0.25) is 10.0 Å². The lowest BCUT2D eigenvalue weighted by atomic mass is 10.1. The number of aromatic nitrogens is 1. The number of primary sulfonamides is 1.